The van der Waals surface area contributed by atoms with Crippen molar-refractivity contribution >= 4 is 17.5 Å². The number of nitrogens with one attached hydrogen (secondary N) is 2. The number of nitrogens with zero attached hydrogens (tertiary/aromatic N) is 2. The lowest BCUT2D eigenvalue weighted by molar-refractivity contribution is 0.102. The topological polar surface area (TPSA) is 76.1 Å². The largest absolute Gasteiger partial charge is 0.497 e. The summed E-state index contributed by atoms with van der Waals surface area (Å²) in [6, 6.07) is 11.1. The van der Waals surface area contributed by atoms with Gasteiger partial charge in [0.2, 0.25) is 5.95 Å². The number of methoxy groups -OCH3 is 1. The minimum absolute atomic E-state index is 0.0864. The van der Waals surface area contributed by atoms with Crippen molar-refractivity contribution in [1.29, 1.82) is 0 Å². The fraction of sp³-hybridized carbons (Fsp3) is 0.150. The molecule has 1 heterocycles. The summed E-state index contributed by atoms with van der Waals surface area (Å²) < 4.78 is 32.3. The maximum absolute atomic E-state index is 13.6. The fourth-order valence-electron chi connectivity index (χ4n) is 2.45. The van der Waals surface area contributed by atoms with E-state index in [-0.39, 0.29) is 5.56 Å². The predicted octanol–water partition coefficient (Wildman–Crippen LogP) is 3.67. The minimum atomic E-state index is -0.855. The number of ether oxygens (including phenoxy) is 1. The number of hydrogen-bond donors (Lipinski definition) is 2. The van der Waals surface area contributed by atoms with E-state index < -0.39 is 23.2 Å². The Labute approximate surface area is 160 Å². The lowest BCUT2D eigenvalue weighted by Crippen LogP contribution is -2.16. The molecule has 0 saturated heterocycles. The Morgan fingerprint density at radius 3 is 2.29 bits per heavy atom. The first-order valence-corrected chi connectivity index (χ1v) is 8.51. The molecule has 2 N–H and O–H groups in total. The highest BCUT2D eigenvalue weighted by atomic mass is 19.1. The van der Waals surface area contributed by atoms with Crippen LogP contribution in [0, 0.1) is 11.6 Å². The molecular formula is C20H18F2N4O2. The third kappa shape index (κ3) is 4.79. The predicted molar refractivity (Wildman–Crippen MR) is 102 cm³/mol. The minimum Gasteiger partial charge on any atom is -0.497 e. The van der Waals surface area contributed by atoms with Crippen molar-refractivity contribution in [1.82, 2.24) is 9.97 Å². The first kappa shape index (κ1) is 19.2. The molecule has 6 nitrogen and oxygen atoms in total. The highest BCUT2D eigenvalue weighted by Gasteiger charge is 2.14. The molecule has 3 aromatic rings. The summed E-state index contributed by atoms with van der Waals surface area (Å²) in [5.74, 6) is -1.27. The van der Waals surface area contributed by atoms with Crippen LogP contribution >= 0.6 is 0 Å². The van der Waals surface area contributed by atoms with E-state index in [1.54, 1.807) is 7.11 Å². The molecular weight excluding hydrogens is 366 g/mol. The number of benzene rings is 2. The Hall–Kier alpha value is -3.55. The standard InChI is InChI=1S/C20H18F2N4O2/c1-28-15-7-5-13(6-8-15)9-10-23-20-24-11-14(12-25-20)19(27)26-18-16(21)3-2-4-17(18)22/h2-8,11-12H,9-10H2,1H3,(H,26,27)(H,23,24,25). The molecule has 1 aromatic heterocycles. The summed E-state index contributed by atoms with van der Waals surface area (Å²) >= 11 is 0. The van der Waals surface area contributed by atoms with Crippen molar-refractivity contribution < 1.29 is 18.3 Å². The van der Waals surface area contributed by atoms with Crippen molar-refractivity contribution in [3.05, 3.63) is 77.6 Å². The van der Waals surface area contributed by atoms with Crippen LogP contribution in [0.5, 0.6) is 5.75 Å². The monoisotopic (exact) mass is 384 g/mol. The van der Waals surface area contributed by atoms with Crippen LogP contribution in [0.25, 0.3) is 0 Å². The maximum atomic E-state index is 13.6. The smallest absolute Gasteiger partial charge is 0.258 e. The molecule has 1 amide bonds. The van der Waals surface area contributed by atoms with Gasteiger partial charge in [-0.05, 0) is 36.2 Å². The number of carbonyl (C=O) groups excluding carboxylic acids is 1. The van der Waals surface area contributed by atoms with Gasteiger partial charge in [-0.2, -0.15) is 0 Å². The Morgan fingerprint density at radius 1 is 1.04 bits per heavy atom. The highest BCUT2D eigenvalue weighted by molar-refractivity contribution is 6.04. The van der Waals surface area contributed by atoms with Crippen LogP contribution in [0.1, 0.15) is 15.9 Å². The molecule has 144 valence electrons. The Bertz CT molecular complexity index is 927. The quantitative estimate of drug-likeness (QED) is 0.650. The zero-order valence-electron chi connectivity index (χ0n) is 15.1. The van der Waals surface area contributed by atoms with Crippen LogP contribution in [0.15, 0.2) is 54.9 Å². The summed E-state index contributed by atoms with van der Waals surface area (Å²) in [5.41, 5.74) is 0.703. The zero-order valence-corrected chi connectivity index (χ0v) is 15.1. The third-order valence-corrected chi connectivity index (χ3v) is 3.97. The van der Waals surface area contributed by atoms with Crippen molar-refractivity contribution in [2.75, 3.05) is 24.3 Å². The van der Waals surface area contributed by atoms with E-state index in [0.717, 1.165) is 29.9 Å². The van der Waals surface area contributed by atoms with E-state index in [0.29, 0.717) is 12.5 Å². The van der Waals surface area contributed by atoms with Gasteiger partial charge in [-0.25, -0.2) is 18.7 Å². The molecule has 8 heteroatoms. The van der Waals surface area contributed by atoms with Crippen molar-refractivity contribution in [2.45, 2.75) is 6.42 Å². The number of hydrogen-bond acceptors (Lipinski definition) is 5. The molecule has 0 spiro atoms. The van der Waals surface area contributed by atoms with Gasteiger partial charge in [0.25, 0.3) is 5.91 Å². The van der Waals surface area contributed by atoms with Gasteiger partial charge in [0.1, 0.15) is 23.1 Å². The molecule has 0 radical (unpaired) electrons. The van der Waals surface area contributed by atoms with Crippen LogP contribution in [0.3, 0.4) is 0 Å². The van der Waals surface area contributed by atoms with Gasteiger partial charge in [0.15, 0.2) is 0 Å². The van der Waals surface area contributed by atoms with Crippen molar-refractivity contribution in [2.24, 2.45) is 0 Å². The van der Waals surface area contributed by atoms with E-state index >= 15 is 0 Å². The lowest BCUT2D eigenvalue weighted by Gasteiger charge is -2.08. The molecule has 0 bridgehead atoms. The number of para-hydroxylation sites is 1. The summed E-state index contributed by atoms with van der Waals surface area (Å²) in [6.45, 7) is 0.596. The normalized spacial score (nSPS) is 10.4. The average Bonchev–Trinajstić information content (AvgIpc) is 2.72. The molecule has 0 aliphatic rings. The van der Waals surface area contributed by atoms with Crippen molar-refractivity contribution in [3.8, 4) is 5.75 Å². The van der Waals surface area contributed by atoms with Crippen molar-refractivity contribution in [3.63, 3.8) is 0 Å². The van der Waals surface area contributed by atoms with Crippen LogP contribution in [0.2, 0.25) is 0 Å². The first-order valence-electron chi connectivity index (χ1n) is 8.51. The van der Waals surface area contributed by atoms with E-state index in [4.69, 9.17) is 4.74 Å². The maximum Gasteiger partial charge on any atom is 0.258 e. The summed E-state index contributed by atoms with van der Waals surface area (Å²) in [4.78, 5) is 20.2. The molecule has 0 fully saturated rings. The van der Waals surface area contributed by atoms with E-state index in [1.165, 1.54) is 18.5 Å². The second-order valence-corrected chi connectivity index (χ2v) is 5.87. The van der Waals surface area contributed by atoms with Crippen LogP contribution in [-0.2, 0) is 6.42 Å². The van der Waals surface area contributed by atoms with E-state index in [9.17, 15) is 13.6 Å². The Balaban J connectivity index is 1.54. The molecule has 0 aliphatic carbocycles. The van der Waals surface area contributed by atoms with Gasteiger partial charge in [-0.15, -0.1) is 0 Å². The van der Waals surface area contributed by atoms with E-state index in [2.05, 4.69) is 20.6 Å². The number of halogens is 2. The second kappa shape index (κ2) is 8.90. The first-order chi connectivity index (χ1) is 13.6. The molecule has 3 rings (SSSR count). The fourth-order valence-corrected chi connectivity index (χ4v) is 2.45. The van der Waals surface area contributed by atoms with Gasteiger partial charge in [-0.1, -0.05) is 18.2 Å². The lowest BCUT2D eigenvalue weighted by atomic mass is 10.1. The number of aromatic nitrogens is 2. The summed E-state index contributed by atoms with van der Waals surface area (Å²) in [7, 11) is 1.62. The number of anilines is 2. The third-order valence-electron chi connectivity index (χ3n) is 3.97. The van der Waals surface area contributed by atoms with Gasteiger partial charge >= 0.3 is 0 Å². The Morgan fingerprint density at radius 2 is 1.68 bits per heavy atom. The average molecular weight is 384 g/mol. The molecule has 0 unspecified atom stereocenters. The number of amides is 1. The van der Waals surface area contributed by atoms with Gasteiger partial charge in [0.05, 0.1) is 12.7 Å². The molecule has 2 aromatic carbocycles. The second-order valence-electron chi connectivity index (χ2n) is 5.87. The van der Waals surface area contributed by atoms with Gasteiger partial charge in [0, 0.05) is 18.9 Å². The van der Waals surface area contributed by atoms with E-state index in [1.807, 2.05) is 24.3 Å². The Kier molecular flexibility index (Phi) is 6.11. The SMILES string of the molecule is COc1ccc(CCNc2ncc(C(=O)Nc3c(F)cccc3F)cn2)cc1. The molecule has 0 atom stereocenters. The summed E-state index contributed by atoms with van der Waals surface area (Å²) in [5, 5.41) is 5.24. The molecule has 0 aliphatic heterocycles. The summed E-state index contributed by atoms with van der Waals surface area (Å²) in [6.07, 6.45) is 3.33. The zero-order chi connectivity index (χ0) is 19.9. The number of rotatable bonds is 7. The van der Waals surface area contributed by atoms with Crippen LogP contribution in [-0.4, -0.2) is 29.5 Å². The van der Waals surface area contributed by atoms with Gasteiger partial charge in [-0.3, -0.25) is 4.79 Å². The molecule has 0 saturated carbocycles. The molecule has 28 heavy (non-hydrogen) atoms. The van der Waals surface area contributed by atoms with Crippen LogP contribution < -0.4 is 15.4 Å². The number of carbonyl (C=O) groups is 1. The highest BCUT2D eigenvalue weighted by Crippen LogP contribution is 2.19. The van der Waals surface area contributed by atoms with Gasteiger partial charge < -0.3 is 15.4 Å². The van der Waals surface area contributed by atoms with Crippen LogP contribution in [0.4, 0.5) is 20.4 Å².